The number of hydrogen-bond acceptors (Lipinski definition) is 5. The third kappa shape index (κ3) is 3.77. The van der Waals surface area contributed by atoms with E-state index in [1.807, 2.05) is 0 Å². The molecule has 0 fully saturated rings. The number of carbonyl (C=O) groups excluding carboxylic acids is 3. The van der Waals surface area contributed by atoms with Gasteiger partial charge in [-0.3, -0.25) is 14.4 Å². The Kier molecular flexibility index (Phi) is 4.87. The smallest absolute Gasteiger partial charge is 0.324 e. The minimum absolute atomic E-state index is 0.272. The minimum Gasteiger partial charge on any atom is -0.468 e. The first-order valence-electron chi connectivity index (χ1n) is 5.90. The summed E-state index contributed by atoms with van der Waals surface area (Å²) in [5, 5.41) is 0. The molecular weight excluding hydrogens is 248 g/mol. The maximum Gasteiger partial charge on any atom is 0.324 e. The van der Waals surface area contributed by atoms with Crippen molar-refractivity contribution in [3.63, 3.8) is 0 Å². The van der Waals surface area contributed by atoms with Gasteiger partial charge in [-0.1, -0.05) is 30.3 Å². The summed E-state index contributed by atoms with van der Waals surface area (Å²) in [6.45, 7) is 0. The largest absolute Gasteiger partial charge is 0.468 e. The maximum absolute atomic E-state index is 11.7. The molecule has 0 bridgehead atoms. The van der Waals surface area contributed by atoms with Gasteiger partial charge >= 0.3 is 11.9 Å². The molecule has 1 aromatic carbocycles. The molecule has 100 valence electrons. The highest BCUT2D eigenvalue weighted by molar-refractivity contribution is 6.05. The van der Waals surface area contributed by atoms with E-state index in [1.165, 1.54) is 6.08 Å². The number of ether oxygens (including phenoxy) is 2. The van der Waals surface area contributed by atoms with E-state index < -0.39 is 17.8 Å². The molecule has 5 heteroatoms. The van der Waals surface area contributed by atoms with Gasteiger partial charge in [0.25, 0.3) is 0 Å². The topological polar surface area (TPSA) is 69.7 Å². The molecule has 1 rings (SSSR count). The van der Waals surface area contributed by atoms with Crippen LogP contribution in [0.15, 0.2) is 35.9 Å². The van der Waals surface area contributed by atoms with Crippen molar-refractivity contribution in [3.8, 4) is 0 Å². The van der Waals surface area contributed by atoms with Crippen LogP contribution in [0.3, 0.4) is 0 Å². The Morgan fingerprint density at radius 3 is 2.11 bits per heavy atom. The zero-order chi connectivity index (χ0) is 15.2. The van der Waals surface area contributed by atoms with Crippen LogP contribution in [0.5, 0.6) is 0 Å². The summed E-state index contributed by atoms with van der Waals surface area (Å²) < 4.78 is 16.9. The van der Waals surface area contributed by atoms with Crippen LogP contribution >= 0.6 is 0 Å². The molecule has 1 aromatic rings. The third-order valence-electron chi connectivity index (χ3n) is 2.32. The number of hydrogen-bond donors (Lipinski definition) is 0. The number of rotatable bonds is 5. The van der Waals surface area contributed by atoms with E-state index in [-0.39, 0.29) is 11.9 Å². The van der Waals surface area contributed by atoms with Crippen LogP contribution in [0.4, 0.5) is 0 Å². The normalized spacial score (nSPS) is 12.3. The number of esters is 2. The second-order valence-corrected chi connectivity index (χ2v) is 3.49. The Hall–Kier alpha value is -2.43. The van der Waals surface area contributed by atoms with Crippen LogP contribution in [0.25, 0.3) is 6.08 Å². The molecule has 5 nitrogen and oxygen atoms in total. The van der Waals surface area contributed by atoms with E-state index in [0.717, 1.165) is 14.2 Å². The molecule has 0 radical (unpaired) electrons. The van der Waals surface area contributed by atoms with E-state index in [2.05, 4.69) is 9.47 Å². The summed E-state index contributed by atoms with van der Waals surface area (Å²) in [5.41, 5.74) is 0.210. The minimum atomic E-state index is -2.54. The molecule has 0 amide bonds. The van der Waals surface area contributed by atoms with E-state index in [4.69, 9.17) is 1.37 Å². The van der Waals surface area contributed by atoms with Gasteiger partial charge in [0, 0.05) is 5.57 Å². The Morgan fingerprint density at radius 2 is 1.68 bits per heavy atom. The van der Waals surface area contributed by atoms with Crippen molar-refractivity contribution in [2.75, 3.05) is 14.2 Å². The second kappa shape index (κ2) is 7.10. The quantitative estimate of drug-likeness (QED) is 0.346. The van der Waals surface area contributed by atoms with Crippen LogP contribution in [-0.4, -0.2) is 32.4 Å². The highest BCUT2D eigenvalue weighted by Crippen LogP contribution is 2.17. The van der Waals surface area contributed by atoms with Gasteiger partial charge in [-0.2, -0.15) is 0 Å². The molecule has 19 heavy (non-hydrogen) atoms. The van der Waals surface area contributed by atoms with Crippen molar-refractivity contribution in [1.82, 2.24) is 0 Å². The van der Waals surface area contributed by atoms with Gasteiger partial charge in [-0.25, -0.2) is 0 Å². The first kappa shape index (κ1) is 13.0. The van der Waals surface area contributed by atoms with Crippen LogP contribution in [0.2, 0.25) is 0 Å². The zero-order valence-electron chi connectivity index (χ0n) is 11.6. The number of carbonyl (C=O) groups is 3. The molecule has 0 aliphatic heterocycles. The monoisotopic (exact) mass is 263 g/mol. The van der Waals surface area contributed by atoms with E-state index in [1.54, 1.807) is 30.3 Å². The molecule has 0 aliphatic rings. The first-order valence-corrected chi connectivity index (χ1v) is 5.40. The van der Waals surface area contributed by atoms with E-state index in [0.29, 0.717) is 5.56 Å². The predicted octanol–water partition coefficient (Wildman–Crippen LogP) is 1.23. The Labute approximate surface area is 112 Å². The van der Waals surface area contributed by atoms with Crippen molar-refractivity contribution in [3.05, 3.63) is 41.5 Å². The lowest BCUT2D eigenvalue weighted by atomic mass is 9.98. The molecule has 0 saturated heterocycles. The van der Waals surface area contributed by atoms with Crippen molar-refractivity contribution in [2.24, 2.45) is 5.89 Å². The van der Waals surface area contributed by atoms with E-state index in [9.17, 15) is 14.4 Å². The van der Waals surface area contributed by atoms with Gasteiger partial charge in [-0.05, 0) is 11.6 Å². The number of aldehydes is 1. The lowest BCUT2D eigenvalue weighted by Crippen LogP contribution is -2.28. The molecule has 0 spiro atoms. The number of methoxy groups -OCH3 is 2. The van der Waals surface area contributed by atoms with Crippen molar-refractivity contribution >= 4 is 24.3 Å². The summed E-state index contributed by atoms with van der Waals surface area (Å²) >= 11 is 0. The standard InChI is InChI=1S/C14H14O5/c1-18-13(16)12(14(17)19-2)11(9-15)8-10-6-4-3-5-7-10/h3-9,12H,1-2H3/b11-8-/i12D. The lowest BCUT2D eigenvalue weighted by Gasteiger charge is -2.12. The summed E-state index contributed by atoms with van der Waals surface area (Å²) in [6, 6.07) is 8.54. The molecular formula is C14H14O5. The lowest BCUT2D eigenvalue weighted by molar-refractivity contribution is -0.157. The van der Waals surface area contributed by atoms with Gasteiger partial charge < -0.3 is 9.47 Å². The molecule has 0 N–H and O–H groups in total. The first-order chi connectivity index (χ1) is 9.50. The fourth-order valence-electron chi connectivity index (χ4n) is 1.42. The van der Waals surface area contributed by atoms with Crippen molar-refractivity contribution in [1.29, 1.82) is 0 Å². The van der Waals surface area contributed by atoms with Gasteiger partial charge in [-0.15, -0.1) is 0 Å². The third-order valence-corrected chi connectivity index (χ3v) is 2.32. The summed E-state index contributed by atoms with van der Waals surface area (Å²) in [4.78, 5) is 34.6. The average molecular weight is 263 g/mol. The van der Waals surface area contributed by atoms with Gasteiger partial charge in [0.1, 0.15) is 6.29 Å². The summed E-state index contributed by atoms with van der Waals surface area (Å²) in [5.74, 6) is -4.90. The molecule has 0 aromatic heterocycles. The van der Waals surface area contributed by atoms with Crippen LogP contribution in [0, 0.1) is 5.89 Å². The molecule has 0 saturated carbocycles. The van der Waals surface area contributed by atoms with Crippen LogP contribution < -0.4 is 0 Å². The zero-order valence-corrected chi connectivity index (χ0v) is 10.6. The predicted molar refractivity (Wildman–Crippen MR) is 68.0 cm³/mol. The van der Waals surface area contributed by atoms with Gasteiger partial charge in [0.05, 0.1) is 15.6 Å². The van der Waals surface area contributed by atoms with E-state index >= 15 is 0 Å². The molecule has 0 atom stereocenters. The van der Waals surface area contributed by atoms with Crippen LogP contribution in [-0.2, 0) is 23.9 Å². The fraction of sp³-hybridized carbons (Fsp3) is 0.214. The SMILES string of the molecule is [2H]C(C(=O)OC)(C(=O)OC)/C(C=O)=C\c1ccccc1. The molecule has 0 unspecified atom stereocenters. The highest BCUT2D eigenvalue weighted by atomic mass is 16.5. The fourth-order valence-corrected chi connectivity index (χ4v) is 1.42. The highest BCUT2D eigenvalue weighted by Gasteiger charge is 2.32. The molecule has 0 aliphatic carbocycles. The summed E-state index contributed by atoms with van der Waals surface area (Å²) in [6.07, 6.45) is 1.54. The maximum atomic E-state index is 11.7. The van der Waals surface area contributed by atoms with Crippen LogP contribution in [0.1, 0.15) is 6.93 Å². The van der Waals surface area contributed by atoms with Crippen molar-refractivity contribution in [2.45, 2.75) is 0 Å². The van der Waals surface area contributed by atoms with Gasteiger partial charge in [0.2, 0.25) is 0 Å². The average Bonchev–Trinajstić information content (AvgIpc) is 2.51. The van der Waals surface area contributed by atoms with Crippen molar-refractivity contribution < 1.29 is 25.2 Å². The number of benzene rings is 1. The second-order valence-electron chi connectivity index (χ2n) is 3.49. The molecule has 0 heterocycles. The Bertz CT molecular complexity index is 520. The Morgan fingerprint density at radius 1 is 1.16 bits per heavy atom. The van der Waals surface area contributed by atoms with Gasteiger partial charge in [0.15, 0.2) is 5.89 Å². The Balaban J connectivity index is 3.37. The summed E-state index contributed by atoms with van der Waals surface area (Å²) in [7, 11) is 2.05.